The van der Waals surface area contributed by atoms with Gasteiger partial charge in [0.1, 0.15) is 5.75 Å². The second-order valence-corrected chi connectivity index (χ2v) is 9.59. The van der Waals surface area contributed by atoms with E-state index >= 15 is 0 Å². The molecule has 0 atom stereocenters. The summed E-state index contributed by atoms with van der Waals surface area (Å²) in [6.45, 7) is -0.315. The third kappa shape index (κ3) is 7.24. The van der Waals surface area contributed by atoms with Crippen LogP contribution in [0.3, 0.4) is 0 Å². The number of amides is 1. The van der Waals surface area contributed by atoms with Crippen LogP contribution in [-0.2, 0) is 26.0 Å². The van der Waals surface area contributed by atoms with Gasteiger partial charge in [-0.1, -0.05) is 42.5 Å². The summed E-state index contributed by atoms with van der Waals surface area (Å²) in [6, 6.07) is 21.8. The van der Waals surface area contributed by atoms with E-state index in [0.717, 1.165) is 9.87 Å². The van der Waals surface area contributed by atoms with Crippen molar-refractivity contribution in [2.75, 3.05) is 27.3 Å². The minimum Gasteiger partial charge on any atom is -0.497 e. The van der Waals surface area contributed by atoms with Crippen LogP contribution in [0.15, 0.2) is 88.9 Å². The maximum atomic E-state index is 13.3. The van der Waals surface area contributed by atoms with Crippen LogP contribution in [0.1, 0.15) is 21.5 Å². The number of nitrogens with zero attached hydrogens (tertiary/aromatic N) is 2. The van der Waals surface area contributed by atoms with Crippen molar-refractivity contribution in [3.8, 4) is 5.75 Å². The van der Waals surface area contributed by atoms with Gasteiger partial charge in [-0.25, -0.2) is 18.6 Å². The molecule has 0 aliphatic heterocycles. The van der Waals surface area contributed by atoms with Gasteiger partial charge in [0.15, 0.2) is 0 Å². The van der Waals surface area contributed by atoms with Crippen LogP contribution in [0.4, 0.5) is 0 Å². The van der Waals surface area contributed by atoms with E-state index in [1.807, 2.05) is 30.3 Å². The van der Waals surface area contributed by atoms with Crippen LogP contribution in [0.2, 0.25) is 0 Å². The molecule has 1 amide bonds. The predicted octanol–water partition coefficient (Wildman–Crippen LogP) is 2.87. The SMILES string of the molecule is COC(=O)c1ccc(/C=N\NC(=O)CN(CCc2ccccc2)S(=O)(=O)c2ccc(OC)cc2)cc1. The van der Waals surface area contributed by atoms with Crippen LogP contribution in [0.5, 0.6) is 5.75 Å². The first-order valence-electron chi connectivity index (χ1n) is 11.0. The predicted molar refractivity (Wildman–Crippen MR) is 135 cm³/mol. The van der Waals surface area contributed by atoms with Gasteiger partial charge in [-0.15, -0.1) is 0 Å². The molecule has 0 aliphatic carbocycles. The number of nitrogens with one attached hydrogen (secondary N) is 1. The molecule has 3 aromatic rings. The summed E-state index contributed by atoms with van der Waals surface area (Å²) in [5.41, 5.74) is 4.33. The largest absolute Gasteiger partial charge is 0.497 e. The highest BCUT2D eigenvalue weighted by atomic mass is 32.2. The number of carbonyl (C=O) groups is 2. The topological polar surface area (TPSA) is 114 Å². The lowest BCUT2D eigenvalue weighted by molar-refractivity contribution is -0.121. The fourth-order valence-electron chi connectivity index (χ4n) is 3.28. The van der Waals surface area contributed by atoms with Crippen molar-refractivity contribution < 1.29 is 27.5 Å². The molecule has 9 nitrogen and oxygen atoms in total. The van der Waals surface area contributed by atoms with Crippen LogP contribution >= 0.6 is 0 Å². The first-order valence-corrected chi connectivity index (χ1v) is 12.5. The van der Waals surface area contributed by atoms with Crippen molar-refractivity contribution in [2.45, 2.75) is 11.3 Å². The lowest BCUT2D eigenvalue weighted by Gasteiger charge is -2.21. The Hall–Kier alpha value is -4.02. The molecule has 10 heteroatoms. The lowest BCUT2D eigenvalue weighted by atomic mass is 10.1. The maximum absolute atomic E-state index is 13.3. The molecule has 0 heterocycles. The molecule has 0 aliphatic rings. The van der Waals surface area contributed by atoms with E-state index in [4.69, 9.17) is 4.74 Å². The molecule has 0 saturated heterocycles. The minimum atomic E-state index is -3.96. The fraction of sp³-hybridized carbons (Fsp3) is 0.192. The Balaban J connectivity index is 1.71. The highest BCUT2D eigenvalue weighted by Crippen LogP contribution is 2.20. The number of rotatable bonds is 11. The van der Waals surface area contributed by atoms with Crippen LogP contribution < -0.4 is 10.2 Å². The van der Waals surface area contributed by atoms with E-state index in [0.29, 0.717) is 23.3 Å². The number of hydrazone groups is 1. The summed E-state index contributed by atoms with van der Waals surface area (Å²) in [6.07, 6.45) is 1.82. The first-order chi connectivity index (χ1) is 17.3. The summed E-state index contributed by atoms with van der Waals surface area (Å²) in [5.74, 6) is -0.528. The molecule has 0 bridgehead atoms. The van der Waals surface area contributed by atoms with E-state index in [-0.39, 0.29) is 11.4 Å². The Kier molecular flexibility index (Phi) is 9.32. The highest BCUT2D eigenvalue weighted by molar-refractivity contribution is 7.89. The zero-order chi connectivity index (χ0) is 26.0. The standard InChI is InChI=1S/C26H27N3O6S/c1-34-23-12-14-24(15-13-23)36(32,33)29(17-16-20-6-4-3-5-7-20)19-25(30)28-27-18-21-8-10-22(11-9-21)26(31)35-2/h3-15,18H,16-17,19H2,1-2H3,(H,28,30)/b27-18-. The van der Waals surface area contributed by atoms with Crippen molar-refractivity contribution in [1.29, 1.82) is 0 Å². The van der Waals surface area contributed by atoms with Gasteiger partial charge in [-0.3, -0.25) is 4.79 Å². The van der Waals surface area contributed by atoms with Gasteiger partial charge in [0.2, 0.25) is 10.0 Å². The number of carbonyl (C=O) groups excluding carboxylic acids is 2. The zero-order valence-electron chi connectivity index (χ0n) is 20.0. The Morgan fingerprint density at radius 2 is 1.61 bits per heavy atom. The highest BCUT2D eigenvalue weighted by Gasteiger charge is 2.26. The molecule has 0 unspecified atom stereocenters. The molecule has 3 aromatic carbocycles. The third-order valence-electron chi connectivity index (χ3n) is 5.24. The average molecular weight is 510 g/mol. The average Bonchev–Trinajstić information content (AvgIpc) is 2.91. The first kappa shape index (κ1) is 26.6. The number of ether oxygens (including phenoxy) is 2. The van der Waals surface area contributed by atoms with E-state index < -0.39 is 28.4 Å². The minimum absolute atomic E-state index is 0.0540. The van der Waals surface area contributed by atoms with Gasteiger partial charge >= 0.3 is 5.97 Å². The van der Waals surface area contributed by atoms with Crippen molar-refractivity contribution in [3.63, 3.8) is 0 Å². The number of sulfonamides is 1. The second kappa shape index (κ2) is 12.6. The van der Waals surface area contributed by atoms with Crippen LogP contribution in [0.25, 0.3) is 0 Å². The van der Waals surface area contributed by atoms with Crippen molar-refractivity contribution in [3.05, 3.63) is 95.6 Å². The zero-order valence-corrected chi connectivity index (χ0v) is 20.8. The summed E-state index contributed by atoms with van der Waals surface area (Å²) in [5, 5.41) is 3.91. The Morgan fingerprint density at radius 1 is 0.944 bits per heavy atom. The van der Waals surface area contributed by atoms with Gasteiger partial charge in [0, 0.05) is 6.54 Å². The normalized spacial score (nSPS) is 11.4. The monoisotopic (exact) mass is 509 g/mol. The summed E-state index contributed by atoms with van der Waals surface area (Å²) in [4.78, 5) is 24.2. The molecule has 188 valence electrons. The maximum Gasteiger partial charge on any atom is 0.337 e. The lowest BCUT2D eigenvalue weighted by Crippen LogP contribution is -2.40. The van der Waals surface area contributed by atoms with E-state index in [2.05, 4.69) is 15.3 Å². The molecule has 0 saturated carbocycles. The van der Waals surface area contributed by atoms with Gasteiger partial charge in [0.05, 0.1) is 37.4 Å². The van der Waals surface area contributed by atoms with Crippen molar-refractivity contribution in [2.24, 2.45) is 5.10 Å². The second-order valence-electron chi connectivity index (χ2n) is 7.66. The third-order valence-corrected chi connectivity index (χ3v) is 7.10. The van der Waals surface area contributed by atoms with Gasteiger partial charge in [0.25, 0.3) is 5.91 Å². The molecular weight excluding hydrogens is 482 g/mol. The van der Waals surface area contributed by atoms with E-state index in [1.54, 1.807) is 36.4 Å². The smallest absolute Gasteiger partial charge is 0.337 e. The Morgan fingerprint density at radius 3 is 2.22 bits per heavy atom. The number of methoxy groups -OCH3 is 2. The van der Waals surface area contributed by atoms with Gasteiger partial charge in [-0.2, -0.15) is 9.41 Å². The quantitative estimate of drug-likeness (QED) is 0.242. The van der Waals surface area contributed by atoms with E-state index in [9.17, 15) is 18.0 Å². The molecule has 3 rings (SSSR count). The van der Waals surface area contributed by atoms with Gasteiger partial charge < -0.3 is 9.47 Å². The summed E-state index contributed by atoms with van der Waals surface area (Å²) in [7, 11) is -1.17. The van der Waals surface area contributed by atoms with Crippen molar-refractivity contribution in [1.82, 2.24) is 9.73 Å². The van der Waals surface area contributed by atoms with Crippen molar-refractivity contribution >= 4 is 28.1 Å². The molecule has 0 aromatic heterocycles. The van der Waals surface area contributed by atoms with E-state index in [1.165, 1.54) is 32.6 Å². The Bertz CT molecular complexity index is 1290. The fourth-order valence-corrected chi connectivity index (χ4v) is 4.67. The molecule has 0 radical (unpaired) electrons. The van der Waals surface area contributed by atoms with Gasteiger partial charge in [-0.05, 0) is 53.9 Å². The molecule has 1 N–H and O–H groups in total. The number of hydrogen-bond acceptors (Lipinski definition) is 7. The molecular formula is C26H27N3O6S. The van der Waals surface area contributed by atoms with Crippen LogP contribution in [0, 0.1) is 0 Å². The Labute approximate surface area is 210 Å². The molecule has 36 heavy (non-hydrogen) atoms. The summed E-state index contributed by atoms with van der Waals surface area (Å²) >= 11 is 0. The number of hydrogen-bond donors (Lipinski definition) is 1. The number of esters is 1. The molecule has 0 spiro atoms. The summed E-state index contributed by atoms with van der Waals surface area (Å²) < 4.78 is 37.5. The molecule has 0 fully saturated rings. The van der Waals surface area contributed by atoms with Crippen LogP contribution in [-0.4, -0.2) is 58.1 Å². The number of benzene rings is 3.